The van der Waals surface area contributed by atoms with E-state index in [1.807, 2.05) is 90.7 Å². The number of aryl methyl sites for hydroxylation is 1. The standard InChI is InChI=1S/C28H28N2O3/c1-4-20-15-17-22(18-16-20)30-27(31)25(23-13-9-10-14-24(23)33-3)26(28(30)32)29(5-2)19-21-11-7-6-8-12-21/h6-18H,4-5,19H2,1-3H3. The molecule has 1 aliphatic rings. The molecule has 0 N–H and O–H groups in total. The number of methoxy groups -OCH3 is 1. The van der Waals surface area contributed by atoms with Crippen molar-refractivity contribution in [1.29, 1.82) is 0 Å². The Morgan fingerprint density at radius 2 is 1.45 bits per heavy atom. The molecule has 0 aromatic heterocycles. The molecule has 1 heterocycles. The fourth-order valence-electron chi connectivity index (χ4n) is 4.17. The van der Waals surface area contributed by atoms with E-state index in [0.29, 0.717) is 41.4 Å². The monoisotopic (exact) mass is 440 g/mol. The fraction of sp³-hybridized carbons (Fsp3) is 0.214. The smallest absolute Gasteiger partial charge is 0.282 e. The lowest BCUT2D eigenvalue weighted by molar-refractivity contribution is -0.120. The predicted molar refractivity (Wildman–Crippen MR) is 131 cm³/mol. The van der Waals surface area contributed by atoms with Gasteiger partial charge in [-0.15, -0.1) is 0 Å². The molecule has 0 radical (unpaired) electrons. The number of anilines is 1. The number of ether oxygens (including phenoxy) is 1. The number of para-hydroxylation sites is 1. The molecule has 1 aliphatic heterocycles. The summed E-state index contributed by atoms with van der Waals surface area (Å²) in [6, 6.07) is 24.9. The second kappa shape index (κ2) is 9.74. The molecule has 168 valence electrons. The summed E-state index contributed by atoms with van der Waals surface area (Å²) in [5, 5.41) is 0. The molecule has 33 heavy (non-hydrogen) atoms. The molecule has 5 nitrogen and oxygen atoms in total. The third-order valence-corrected chi connectivity index (χ3v) is 5.95. The normalized spacial score (nSPS) is 13.6. The molecular formula is C28H28N2O3. The number of imide groups is 1. The van der Waals surface area contributed by atoms with Gasteiger partial charge in [-0.2, -0.15) is 0 Å². The number of carbonyl (C=O) groups excluding carboxylic acids is 2. The number of hydrogen-bond donors (Lipinski definition) is 0. The number of rotatable bonds is 8. The summed E-state index contributed by atoms with van der Waals surface area (Å²) in [6.45, 7) is 5.16. The van der Waals surface area contributed by atoms with Gasteiger partial charge >= 0.3 is 0 Å². The molecule has 3 aromatic carbocycles. The maximum absolute atomic E-state index is 13.8. The Kier molecular flexibility index (Phi) is 6.59. The number of hydrogen-bond acceptors (Lipinski definition) is 4. The molecule has 0 fully saturated rings. The van der Waals surface area contributed by atoms with Crippen LogP contribution >= 0.6 is 0 Å². The lowest BCUT2D eigenvalue weighted by Crippen LogP contribution is -2.35. The van der Waals surface area contributed by atoms with Crippen LogP contribution in [0, 0.1) is 0 Å². The van der Waals surface area contributed by atoms with E-state index < -0.39 is 0 Å². The van der Waals surface area contributed by atoms with Crippen LogP contribution in [0.25, 0.3) is 5.57 Å². The van der Waals surface area contributed by atoms with E-state index in [4.69, 9.17) is 4.74 Å². The van der Waals surface area contributed by atoms with E-state index in [2.05, 4.69) is 6.92 Å². The maximum Gasteiger partial charge on any atom is 0.282 e. The van der Waals surface area contributed by atoms with Gasteiger partial charge in [-0.05, 0) is 42.7 Å². The Balaban J connectivity index is 1.85. The van der Waals surface area contributed by atoms with E-state index >= 15 is 0 Å². The first-order valence-electron chi connectivity index (χ1n) is 11.2. The molecule has 5 heteroatoms. The van der Waals surface area contributed by atoms with E-state index in [-0.39, 0.29) is 11.8 Å². The average molecular weight is 441 g/mol. The van der Waals surface area contributed by atoms with Gasteiger partial charge in [0.1, 0.15) is 11.4 Å². The Hall–Kier alpha value is -3.86. The summed E-state index contributed by atoms with van der Waals surface area (Å²) in [5.41, 5.74) is 4.17. The van der Waals surface area contributed by atoms with Crippen molar-refractivity contribution in [2.24, 2.45) is 0 Å². The number of carbonyl (C=O) groups is 2. The zero-order valence-corrected chi connectivity index (χ0v) is 19.2. The topological polar surface area (TPSA) is 49.9 Å². The van der Waals surface area contributed by atoms with Crippen LogP contribution in [-0.4, -0.2) is 30.4 Å². The van der Waals surface area contributed by atoms with E-state index in [9.17, 15) is 9.59 Å². The Bertz CT molecular complexity index is 1180. The van der Waals surface area contributed by atoms with Crippen LogP contribution in [0.4, 0.5) is 5.69 Å². The molecule has 3 aromatic rings. The van der Waals surface area contributed by atoms with Crippen molar-refractivity contribution in [3.8, 4) is 5.75 Å². The van der Waals surface area contributed by atoms with Gasteiger partial charge in [0, 0.05) is 18.7 Å². The minimum absolute atomic E-state index is 0.317. The SMILES string of the molecule is CCc1ccc(N2C(=O)C(c3ccccc3OC)=C(N(CC)Cc3ccccc3)C2=O)cc1. The summed E-state index contributed by atoms with van der Waals surface area (Å²) in [6.07, 6.45) is 0.888. The third kappa shape index (κ3) is 4.27. The highest BCUT2D eigenvalue weighted by Gasteiger charge is 2.43. The molecule has 0 aliphatic carbocycles. The lowest BCUT2D eigenvalue weighted by Gasteiger charge is -2.25. The second-order valence-electron chi connectivity index (χ2n) is 7.89. The van der Waals surface area contributed by atoms with Crippen LogP contribution in [0.3, 0.4) is 0 Å². The third-order valence-electron chi connectivity index (χ3n) is 5.95. The number of benzene rings is 3. The van der Waals surface area contributed by atoms with Gasteiger partial charge in [0.25, 0.3) is 11.8 Å². The first-order chi connectivity index (χ1) is 16.1. The number of likely N-dealkylation sites (N-methyl/N-ethyl adjacent to an activating group) is 1. The van der Waals surface area contributed by atoms with Crippen LogP contribution < -0.4 is 9.64 Å². The molecule has 0 saturated carbocycles. The molecule has 0 saturated heterocycles. The summed E-state index contributed by atoms with van der Waals surface area (Å²) in [4.78, 5) is 30.8. The molecule has 0 atom stereocenters. The average Bonchev–Trinajstić information content (AvgIpc) is 3.12. The van der Waals surface area contributed by atoms with E-state index in [0.717, 1.165) is 17.5 Å². The first kappa shape index (κ1) is 22.3. The van der Waals surface area contributed by atoms with Crippen LogP contribution in [-0.2, 0) is 22.6 Å². The highest BCUT2D eigenvalue weighted by molar-refractivity contribution is 6.45. The highest BCUT2D eigenvalue weighted by Crippen LogP contribution is 2.38. The van der Waals surface area contributed by atoms with Gasteiger partial charge in [0.2, 0.25) is 0 Å². The second-order valence-corrected chi connectivity index (χ2v) is 7.89. The van der Waals surface area contributed by atoms with E-state index in [1.54, 1.807) is 7.11 Å². The van der Waals surface area contributed by atoms with Crippen molar-refractivity contribution in [2.45, 2.75) is 26.8 Å². The summed E-state index contributed by atoms with van der Waals surface area (Å²) in [5.74, 6) is -0.0942. The minimum Gasteiger partial charge on any atom is -0.496 e. The first-order valence-corrected chi connectivity index (χ1v) is 11.2. The molecule has 0 spiro atoms. The quantitative estimate of drug-likeness (QED) is 0.459. The number of amides is 2. The van der Waals surface area contributed by atoms with Crippen molar-refractivity contribution < 1.29 is 14.3 Å². The van der Waals surface area contributed by atoms with Crippen molar-refractivity contribution in [1.82, 2.24) is 4.90 Å². The predicted octanol–water partition coefficient (Wildman–Crippen LogP) is 5.06. The summed E-state index contributed by atoms with van der Waals surface area (Å²) < 4.78 is 5.56. The molecular weight excluding hydrogens is 412 g/mol. The molecule has 0 bridgehead atoms. The number of nitrogens with zero attached hydrogens (tertiary/aromatic N) is 2. The van der Waals surface area contributed by atoms with Crippen molar-refractivity contribution in [3.63, 3.8) is 0 Å². The molecule has 2 amide bonds. The Morgan fingerprint density at radius 3 is 2.09 bits per heavy atom. The molecule has 4 rings (SSSR count). The van der Waals surface area contributed by atoms with Crippen LogP contribution in [0.5, 0.6) is 5.75 Å². The van der Waals surface area contributed by atoms with Gasteiger partial charge in [-0.25, -0.2) is 4.90 Å². The highest BCUT2D eigenvalue weighted by atomic mass is 16.5. The Morgan fingerprint density at radius 1 is 0.788 bits per heavy atom. The van der Waals surface area contributed by atoms with Gasteiger partial charge < -0.3 is 9.64 Å². The summed E-state index contributed by atoms with van der Waals surface area (Å²) >= 11 is 0. The molecule has 0 unspecified atom stereocenters. The lowest BCUT2D eigenvalue weighted by atomic mass is 10.0. The zero-order valence-electron chi connectivity index (χ0n) is 19.2. The maximum atomic E-state index is 13.8. The Labute approximate surface area is 194 Å². The van der Waals surface area contributed by atoms with Crippen LogP contribution in [0.15, 0.2) is 84.6 Å². The fourth-order valence-corrected chi connectivity index (χ4v) is 4.17. The van der Waals surface area contributed by atoms with Gasteiger partial charge in [0.05, 0.1) is 18.4 Å². The summed E-state index contributed by atoms with van der Waals surface area (Å²) in [7, 11) is 1.57. The van der Waals surface area contributed by atoms with Crippen LogP contribution in [0.1, 0.15) is 30.5 Å². The van der Waals surface area contributed by atoms with Gasteiger partial charge in [-0.3, -0.25) is 9.59 Å². The van der Waals surface area contributed by atoms with E-state index in [1.165, 1.54) is 4.90 Å². The van der Waals surface area contributed by atoms with Crippen molar-refractivity contribution in [3.05, 3.63) is 101 Å². The van der Waals surface area contributed by atoms with Crippen LogP contribution in [0.2, 0.25) is 0 Å². The van der Waals surface area contributed by atoms with Gasteiger partial charge in [-0.1, -0.05) is 67.6 Å². The minimum atomic E-state index is -0.338. The van der Waals surface area contributed by atoms with Gasteiger partial charge in [0.15, 0.2) is 0 Å². The largest absolute Gasteiger partial charge is 0.496 e. The van der Waals surface area contributed by atoms with Crippen molar-refractivity contribution >= 4 is 23.1 Å². The zero-order chi connectivity index (χ0) is 23.4. The van der Waals surface area contributed by atoms with Crippen molar-refractivity contribution in [2.75, 3.05) is 18.6 Å².